The minimum absolute atomic E-state index is 0.0201. The van der Waals surface area contributed by atoms with Gasteiger partial charge in [0.25, 0.3) is 26.0 Å². The van der Waals surface area contributed by atoms with Gasteiger partial charge in [-0.15, -0.1) is 0 Å². The van der Waals surface area contributed by atoms with Crippen LogP contribution in [0.3, 0.4) is 0 Å². The van der Waals surface area contributed by atoms with Crippen molar-refractivity contribution in [2.24, 2.45) is 0 Å². The summed E-state index contributed by atoms with van der Waals surface area (Å²) >= 11 is 6.31. The first-order valence-electron chi connectivity index (χ1n) is 12.3. The molecule has 5 aromatic rings. The average molecular weight is 606 g/mol. The first kappa shape index (κ1) is 28.2. The van der Waals surface area contributed by atoms with Gasteiger partial charge in [-0.3, -0.25) is 14.2 Å². The van der Waals surface area contributed by atoms with Gasteiger partial charge in [0.05, 0.1) is 31.8 Å². The third kappa shape index (κ3) is 6.35. The minimum Gasteiger partial charge on any atom is -0.322 e. The van der Waals surface area contributed by atoms with Crippen molar-refractivity contribution < 1.29 is 21.6 Å². The molecule has 0 atom stereocenters. The molecular formula is C30H24ClN3O5S2. The Hall–Kier alpha value is -4.38. The fourth-order valence-electron chi connectivity index (χ4n) is 4.13. The third-order valence-electron chi connectivity index (χ3n) is 6.25. The third-order valence-corrected chi connectivity index (χ3v) is 9.34. The van der Waals surface area contributed by atoms with Crippen molar-refractivity contribution in [2.45, 2.75) is 16.7 Å². The zero-order valence-electron chi connectivity index (χ0n) is 21.6. The molecule has 0 aliphatic carbocycles. The Labute approximate surface area is 243 Å². The maximum absolute atomic E-state index is 13.0. The lowest BCUT2D eigenvalue weighted by Gasteiger charge is -2.12. The zero-order chi connectivity index (χ0) is 29.2. The number of halogens is 1. The van der Waals surface area contributed by atoms with Crippen LogP contribution < -0.4 is 14.8 Å². The van der Waals surface area contributed by atoms with Crippen molar-refractivity contribution >= 4 is 65.4 Å². The van der Waals surface area contributed by atoms with Crippen LogP contribution in [0, 0.1) is 6.92 Å². The molecular weight excluding hydrogens is 582 g/mol. The minimum atomic E-state index is -3.89. The van der Waals surface area contributed by atoms with Crippen molar-refractivity contribution in [2.75, 3.05) is 14.8 Å². The quantitative estimate of drug-likeness (QED) is 0.183. The van der Waals surface area contributed by atoms with E-state index in [4.69, 9.17) is 11.6 Å². The van der Waals surface area contributed by atoms with Gasteiger partial charge in [0, 0.05) is 11.1 Å². The Bertz CT molecular complexity index is 1970. The Morgan fingerprint density at radius 3 is 1.93 bits per heavy atom. The molecule has 41 heavy (non-hydrogen) atoms. The van der Waals surface area contributed by atoms with Gasteiger partial charge in [-0.25, -0.2) is 16.8 Å². The monoisotopic (exact) mass is 605 g/mol. The largest absolute Gasteiger partial charge is 0.322 e. The van der Waals surface area contributed by atoms with E-state index < -0.39 is 26.0 Å². The molecule has 0 aromatic heterocycles. The first-order chi connectivity index (χ1) is 19.5. The molecule has 208 valence electrons. The number of amides is 1. The number of benzene rings is 5. The number of fused-ring (bicyclic) bond motifs is 1. The van der Waals surface area contributed by atoms with Crippen LogP contribution in [-0.2, 0) is 20.0 Å². The van der Waals surface area contributed by atoms with E-state index in [1.807, 2.05) is 37.3 Å². The molecule has 0 unspecified atom stereocenters. The number of aryl methyl sites for hydroxylation is 1. The first-order valence-corrected chi connectivity index (χ1v) is 15.7. The Kier molecular flexibility index (Phi) is 7.72. The van der Waals surface area contributed by atoms with Crippen LogP contribution in [0.25, 0.3) is 10.8 Å². The average Bonchev–Trinajstić information content (AvgIpc) is 2.93. The van der Waals surface area contributed by atoms with Gasteiger partial charge in [-0.05, 0) is 73.0 Å². The predicted octanol–water partition coefficient (Wildman–Crippen LogP) is 6.66. The lowest BCUT2D eigenvalue weighted by molar-refractivity contribution is 0.102. The van der Waals surface area contributed by atoms with Crippen molar-refractivity contribution in [1.82, 2.24) is 0 Å². The number of sulfonamides is 2. The molecule has 0 spiro atoms. The molecule has 0 saturated heterocycles. The standard InChI is InChI=1S/C30H24ClN3O5S2/c1-20-9-14-24(15-10-20)40(36,37)33-23-13-18-27(28(31)19-23)30(35)32-22-11-16-25(17-12-22)41(38,39)34-29-8-4-6-21-5-2-3-7-26(21)29/h2-19,33-34H,1H3,(H,32,35). The van der Waals surface area contributed by atoms with E-state index in [1.54, 1.807) is 24.3 Å². The van der Waals surface area contributed by atoms with Crippen LogP contribution in [0.4, 0.5) is 17.1 Å². The highest BCUT2D eigenvalue weighted by Crippen LogP contribution is 2.27. The summed E-state index contributed by atoms with van der Waals surface area (Å²) in [6.45, 7) is 1.86. The van der Waals surface area contributed by atoms with Gasteiger partial charge in [-0.1, -0.05) is 65.7 Å². The Morgan fingerprint density at radius 2 is 1.24 bits per heavy atom. The number of hydrogen-bond acceptors (Lipinski definition) is 5. The van der Waals surface area contributed by atoms with Gasteiger partial charge in [0.1, 0.15) is 0 Å². The predicted molar refractivity (Wildman–Crippen MR) is 163 cm³/mol. The van der Waals surface area contributed by atoms with E-state index in [0.29, 0.717) is 11.4 Å². The van der Waals surface area contributed by atoms with Gasteiger partial charge < -0.3 is 5.32 Å². The van der Waals surface area contributed by atoms with Crippen molar-refractivity contribution in [1.29, 1.82) is 0 Å². The lowest BCUT2D eigenvalue weighted by atomic mass is 10.1. The lowest BCUT2D eigenvalue weighted by Crippen LogP contribution is -2.15. The molecule has 0 aliphatic heterocycles. The fraction of sp³-hybridized carbons (Fsp3) is 0.0333. The molecule has 0 fully saturated rings. The number of hydrogen-bond donors (Lipinski definition) is 3. The number of carbonyl (C=O) groups excluding carboxylic acids is 1. The molecule has 11 heteroatoms. The molecule has 0 heterocycles. The molecule has 3 N–H and O–H groups in total. The van der Waals surface area contributed by atoms with E-state index in [-0.39, 0.29) is 26.1 Å². The summed E-state index contributed by atoms with van der Waals surface area (Å²) in [6.07, 6.45) is 0. The van der Waals surface area contributed by atoms with E-state index in [0.717, 1.165) is 16.3 Å². The number of rotatable bonds is 8. The van der Waals surface area contributed by atoms with Crippen LogP contribution in [0.1, 0.15) is 15.9 Å². The smallest absolute Gasteiger partial charge is 0.261 e. The second-order valence-corrected chi connectivity index (χ2v) is 13.0. The molecule has 0 aliphatic rings. The molecule has 0 bridgehead atoms. The van der Waals surface area contributed by atoms with Gasteiger partial charge in [0.2, 0.25) is 0 Å². The highest BCUT2D eigenvalue weighted by Gasteiger charge is 2.18. The van der Waals surface area contributed by atoms with E-state index in [1.165, 1.54) is 54.6 Å². The molecule has 8 nitrogen and oxygen atoms in total. The van der Waals surface area contributed by atoms with Crippen LogP contribution >= 0.6 is 11.6 Å². The number of nitrogens with one attached hydrogen (secondary N) is 3. The second kappa shape index (κ2) is 11.2. The molecule has 0 radical (unpaired) electrons. The molecule has 1 amide bonds. The van der Waals surface area contributed by atoms with Gasteiger partial charge in [0.15, 0.2) is 0 Å². The van der Waals surface area contributed by atoms with Crippen molar-refractivity contribution in [3.05, 3.63) is 125 Å². The maximum Gasteiger partial charge on any atom is 0.261 e. The SMILES string of the molecule is Cc1ccc(S(=O)(=O)Nc2ccc(C(=O)Nc3ccc(S(=O)(=O)Nc4cccc5ccccc45)cc3)c(Cl)c2)cc1. The van der Waals surface area contributed by atoms with E-state index in [2.05, 4.69) is 14.8 Å². The Morgan fingerprint density at radius 1 is 0.659 bits per heavy atom. The Balaban J connectivity index is 1.27. The van der Waals surface area contributed by atoms with E-state index in [9.17, 15) is 21.6 Å². The zero-order valence-corrected chi connectivity index (χ0v) is 24.0. The fourth-order valence-corrected chi connectivity index (χ4v) is 6.52. The summed E-state index contributed by atoms with van der Waals surface area (Å²) in [4.78, 5) is 13.0. The summed E-state index contributed by atoms with van der Waals surface area (Å²) in [5, 5.41) is 4.38. The summed E-state index contributed by atoms with van der Waals surface area (Å²) in [5.41, 5.74) is 2.04. The van der Waals surface area contributed by atoms with Gasteiger partial charge >= 0.3 is 0 Å². The highest BCUT2D eigenvalue weighted by atomic mass is 35.5. The van der Waals surface area contributed by atoms with Crippen LogP contribution in [-0.4, -0.2) is 22.7 Å². The summed E-state index contributed by atoms with van der Waals surface area (Å²) in [6, 6.07) is 29.1. The van der Waals surface area contributed by atoms with Crippen molar-refractivity contribution in [3.63, 3.8) is 0 Å². The van der Waals surface area contributed by atoms with Crippen LogP contribution in [0.15, 0.2) is 119 Å². The molecule has 5 rings (SSSR count). The molecule has 5 aromatic carbocycles. The number of carbonyl (C=O) groups is 1. The normalized spacial score (nSPS) is 11.7. The van der Waals surface area contributed by atoms with Gasteiger partial charge in [-0.2, -0.15) is 0 Å². The maximum atomic E-state index is 13.0. The second-order valence-electron chi connectivity index (χ2n) is 9.22. The topological polar surface area (TPSA) is 121 Å². The van der Waals surface area contributed by atoms with E-state index >= 15 is 0 Å². The van der Waals surface area contributed by atoms with Crippen LogP contribution in [0.2, 0.25) is 5.02 Å². The summed E-state index contributed by atoms with van der Waals surface area (Å²) < 4.78 is 56.4. The highest BCUT2D eigenvalue weighted by molar-refractivity contribution is 7.93. The summed E-state index contributed by atoms with van der Waals surface area (Å²) in [5.74, 6) is -0.549. The molecule has 0 saturated carbocycles. The summed E-state index contributed by atoms with van der Waals surface area (Å²) in [7, 11) is -7.73. The number of anilines is 3. The van der Waals surface area contributed by atoms with Crippen LogP contribution in [0.5, 0.6) is 0 Å². The van der Waals surface area contributed by atoms with Crippen molar-refractivity contribution in [3.8, 4) is 0 Å².